The molecule has 29 heavy (non-hydrogen) atoms. The maximum Gasteiger partial charge on any atom is 0.331 e. The van der Waals surface area contributed by atoms with E-state index in [-0.39, 0.29) is 18.3 Å². The number of amides is 1. The summed E-state index contributed by atoms with van der Waals surface area (Å²) in [4.78, 5) is 35.4. The van der Waals surface area contributed by atoms with Crippen molar-refractivity contribution in [3.05, 3.63) is 59.7 Å². The molecule has 1 N–H and O–H groups in total. The van der Waals surface area contributed by atoms with E-state index in [1.807, 2.05) is 0 Å². The summed E-state index contributed by atoms with van der Waals surface area (Å²) in [7, 11) is 3.06. The van der Waals surface area contributed by atoms with Gasteiger partial charge in [-0.3, -0.25) is 9.59 Å². The number of methoxy groups -OCH3 is 2. The van der Waals surface area contributed by atoms with Crippen LogP contribution in [0.25, 0.3) is 6.08 Å². The fourth-order valence-corrected chi connectivity index (χ4v) is 2.37. The molecule has 7 nitrogen and oxygen atoms in total. The van der Waals surface area contributed by atoms with Crippen LogP contribution >= 0.6 is 0 Å². The van der Waals surface area contributed by atoms with Gasteiger partial charge in [0.05, 0.1) is 14.2 Å². The van der Waals surface area contributed by atoms with Gasteiger partial charge in [-0.05, 0) is 42.5 Å². The van der Waals surface area contributed by atoms with E-state index < -0.39 is 5.97 Å². The first-order chi connectivity index (χ1) is 14.0. The molecule has 2 aromatic rings. The van der Waals surface area contributed by atoms with Crippen LogP contribution in [0.15, 0.2) is 48.5 Å². The van der Waals surface area contributed by atoms with Crippen molar-refractivity contribution in [1.29, 1.82) is 0 Å². The number of hydrogen-bond acceptors (Lipinski definition) is 6. The van der Waals surface area contributed by atoms with E-state index in [2.05, 4.69) is 5.32 Å². The Bertz CT molecular complexity index is 902. The predicted octanol–water partition coefficient (Wildman–Crippen LogP) is 3.49. The van der Waals surface area contributed by atoms with Crippen molar-refractivity contribution >= 4 is 29.4 Å². The normalized spacial score (nSPS) is 10.4. The van der Waals surface area contributed by atoms with Crippen molar-refractivity contribution in [2.75, 3.05) is 26.1 Å². The van der Waals surface area contributed by atoms with Crippen LogP contribution in [-0.4, -0.2) is 38.5 Å². The Morgan fingerprint density at radius 3 is 2.34 bits per heavy atom. The summed E-state index contributed by atoms with van der Waals surface area (Å²) in [6.07, 6.45) is 3.13. The zero-order valence-electron chi connectivity index (χ0n) is 16.6. The SMILES string of the molecule is CCC(=O)Nc1ccc(C(=O)COC(=O)/C=C/c2ccc(OC)cc2OC)cc1. The number of Topliss-reactive ketones (excluding diaryl/α,β-unsaturated/α-hetero) is 1. The van der Waals surface area contributed by atoms with Crippen LogP contribution in [-0.2, 0) is 14.3 Å². The summed E-state index contributed by atoms with van der Waals surface area (Å²) in [5.41, 5.74) is 1.65. The third kappa shape index (κ3) is 6.49. The van der Waals surface area contributed by atoms with Crippen molar-refractivity contribution in [3.63, 3.8) is 0 Å². The number of anilines is 1. The fourth-order valence-electron chi connectivity index (χ4n) is 2.37. The average molecular weight is 397 g/mol. The molecule has 2 rings (SSSR count). The van der Waals surface area contributed by atoms with Crippen LogP contribution in [0.5, 0.6) is 11.5 Å². The highest BCUT2D eigenvalue weighted by atomic mass is 16.5. The van der Waals surface area contributed by atoms with Crippen LogP contribution in [0, 0.1) is 0 Å². The number of ether oxygens (including phenoxy) is 3. The van der Waals surface area contributed by atoms with Gasteiger partial charge in [-0.2, -0.15) is 0 Å². The molecular formula is C22H23NO6. The lowest BCUT2D eigenvalue weighted by molar-refractivity contribution is -0.136. The van der Waals surface area contributed by atoms with E-state index in [0.717, 1.165) is 0 Å². The topological polar surface area (TPSA) is 90.9 Å². The lowest BCUT2D eigenvalue weighted by Gasteiger charge is -2.07. The minimum absolute atomic E-state index is 0.113. The summed E-state index contributed by atoms with van der Waals surface area (Å²) in [6, 6.07) is 11.6. The standard InChI is InChI=1S/C22H23NO6/c1-4-21(25)23-17-9-5-15(6-10-17)19(24)14-29-22(26)12-8-16-7-11-18(27-2)13-20(16)28-3/h5-13H,4,14H2,1-3H3,(H,23,25)/b12-8+. The van der Waals surface area contributed by atoms with Crippen LogP contribution < -0.4 is 14.8 Å². The zero-order valence-corrected chi connectivity index (χ0v) is 16.6. The highest BCUT2D eigenvalue weighted by molar-refractivity contribution is 5.99. The second-order valence-electron chi connectivity index (χ2n) is 5.95. The van der Waals surface area contributed by atoms with Gasteiger partial charge in [-0.15, -0.1) is 0 Å². The average Bonchev–Trinajstić information content (AvgIpc) is 2.76. The molecule has 0 saturated carbocycles. The van der Waals surface area contributed by atoms with Gasteiger partial charge in [0.15, 0.2) is 12.4 Å². The summed E-state index contributed by atoms with van der Waals surface area (Å²) in [5, 5.41) is 2.69. The lowest BCUT2D eigenvalue weighted by Crippen LogP contribution is -2.13. The Kier molecular flexibility index (Phi) is 7.97. The quantitative estimate of drug-likeness (QED) is 0.396. The van der Waals surface area contributed by atoms with E-state index in [1.54, 1.807) is 56.5 Å². The third-order valence-corrected chi connectivity index (χ3v) is 4.00. The summed E-state index contributed by atoms with van der Waals surface area (Å²) < 4.78 is 15.4. The van der Waals surface area contributed by atoms with Crippen molar-refractivity contribution in [2.24, 2.45) is 0 Å². The van der Waals surface area contributed by atoms with Gasteiger partial charge in [0, 0.05) is 35.4 Å². The number of carbonyl (C=O) groups is 3. The smallest absolute Gasteiger partial charge is 0.331 e. The van der Waals surface area contributed by atoms with E-state index in [9.17, 15) is 14.4 Å². The van der Waals surface area contributed by atoms with E-state index >= 15 is 0 Å². The Hall–Kier alpha value is -3.61. The maximum atomic E-state index is 12.2. The summed E-state index contributed by atoms with van der Waals surface area (Å²) in [5.74, 6) is 0.0654. The van der Waals surface area contributed by atoms with E-state index in [0.29, 0.717) is 34.7 Å². The maximum absolute atomic E-state index is 12.2. The molecule has 0 unspecified atom stereocenters. The number of benzene rings is 2. The van der Waals surface area contributed by atoms with Gasteiger partial charge in [0.2, 0.25) is 5.91 Å². The first kappa shape index (κ1) is 21.7. The van der Waals surface area contributed by atoms with Gasteiger partial charge in [0.1, 0.15) is 11.5 Å². The van der Waals surface area contributed by atoms with Crippen molar-refractivity contribution in [1.82, 2.24) is 0 Å². The Labute approximate surface area is 169 Å². The molecule has 1 amide bonds. The molecule has 0 aliphatic rings. The first-order valence-corrected chi connectivity index (χ1v) is 8.96. The molecule has 0 heterocycles. The van der Waals surface area contributed by atoms with Gasteiger partial charge in [-0.1, -0.05) is 6.92 Å². The molecule has 0 radical (unpaired) electrons. The highest BCUT2D eigenvalue weighted by Crippen LogP contribution is 2.25. The second kappa shape index (κ2) is 10.7. The molecule has 0 fully saturated rings. The fraction of sp³-hybridized carbons (Fsp3) is 0.227. The molecule has 0 aromatic heterocycles. The first-order valence-electron chi connectivity index (χ1n) is 8.96. The van der Waals surface area contributed by atoms with Gasteiger partial charge in [0.25, 0.3) is 0 Å². The summed E-state index contributed by atoms with van der Waals surface area (Å²) in [6.45, 7) is 1.37. The van der Waals surface area contributed by atoms with Gasteiger partial charge >= 0.3 is 5.97 Å². The zero-order chi connectivity index (χ0) is 21.2. The van der Waals surface area contributed by atoms with Crippen LogP contribution in [0.4, 0.5) is 5.69 Å². The molecule has 0 saturated heterocycles. The minimum atomic E-state index is -0.650. The third-order valence-electron chi connectivity index (χ3n) is 4.00. The van der Waals surface area contributed by atoms with Crippen molar-refractivity contribution in [3.8, 4) is 11.5 Å². The Morgan fingerprint density at radius 2 is 1.72 bits per heavy atom. The predicted molar refractivity (Wildman–Crippen MR) is 109 cm³/mol. The summed E-state index contributed by atoms with van der Waals surface area (Å²) >= 11 is 0. The number of esters is 1. The van der Waals surface area contributed by atoms with Crippen molar-refractivity contribution < 1.29 is 28.6 Å². The van der Waals surface area contributed by atoms with Gasteiger partial charge < -0.3 is 19.5 Å². The van der Waals surface area contributed by atoms with E-state index in [1.165, 1.54) is 19.3 Å². The lowest BCUT2D eigenvalue weighted by atomic mass is 10.1. The molecule has 0 aliphatic heterocycles. The highest BCUT2D eigenvalue weighted by Gasteiger charge is 2.09. The second-order valence-corrected chi connectivity index (χ2v) is 5.95. The molecule has 2 aromatic carbocycles. The largest absolute Gasteiger partial charge is 0.497 e. The van der Waals surface area contributed by atoms with Crippen LogP contribution in [0.2, 0.25) is 0 Å². The number of nitrogens with one attached hydrogen (secondary N) is 1. The number of carbonyl (C=O) groups excluding carboxylic acids is 3. The van der Waals surface area contributed by atoms with E-state index in [4.69, 9.17) is 14.2 Å². The molecule has 0 bridgehead atoms. The van der Waals surface area contributed by atoms with Crippen LogP contribution in [0.1, 0.15) is 29.3 Å². The number of hydrogen-bond donors (Lipinski definition) is 1. The Balaban J connectivity index is 1.91. The number of ketones is 1. The van der Waals surface area contributed by atoms with Gasteiger partial charge in [-0.25, -0.2) is 4.79 Å². The molecule has 0 aliphatic carbocycles. The molecule has 0 atom stereocenters. The van der Waals surface area contributed by atoms with Crippen LogP contribution in [0.3, 0.4) is 0 Å². The van der Waals surface area contributed by atoms with Crippen molar-refractivity contribution in [2.45, 2.75) is 13.3 Å². The Morgan fingerprint density at radius 1 is 1.00 bits per heavy atom. The molecule has 152 valence electrons. The molecular weight excluding hydrogens is 374 g/mol. The monoisotopic (exact) mass is 397 g/mol. The number of rotatable bonds is 9. The molecule has 7 heteroatoms. The molecule has 0 spiro atoms. The minimum Gasteiger partial charge on any atom is -0.497 e.